The number of hydrogen-bond acceptors (Lipinski definition) is 4. The van der Waals surface area contributed by atoms with Crippen molar-refractivity contribution in [3.05, 3.63) is 24.3 Å². The van der Waals surface area contributed by atoms with E-state index < -0.39 is 10.8 Å². The number of anilines is 1. The number of nitrogens with one attached hydrogen (secondary N) is 2. The third-order valence-electron chi connectivity index (χ3n) is 2.95. The summed E-state index contributed by atoms with van der Waals surface area (Å²) in [5, 5.41) is 5.98. The Hall–Kier alpha value is -1.40. The van der Waals surface area contributed by atoms with Crippen LogP contribution in [0.5, 0.6) is 5.75 Å². The van der Waals surface area contributed by atoms with Gasteiger partial charge in [0.25, 0.3) is 0 Å². The third-order valence-corrected chi connectivity index (χ3v) is 4.32. The fourth-order valence-corrected chi connectivity index (χ4v) is 2.00. The molecule has 0 aliphatic carbocycles. The first-order valence-electron chi connectivity index (χ1n) is 6.49. The number of rotatable bonds is 8. The highest BCUT2D eigenvalue weighted by atomic mass is 32.2. The average molecular weight is 298 g/mol. The fourth-order valence-electron chi connectivity index (χ4n) is 1.55. The lowest BCUT2D eigenvalue weighted by molar-refractivity contribution is -0.115. The van der Waals surface area contributed by atoms with Gasteiger partial charge in [0, 0.05) is 28.0 Å². The molecule has 0 radical (unpaired) electrons. The van der Waals surface area contributed by atoms with Crippen LogP contribution in [-0.2, 0) is 15.6 Å². The molecule has 0 spiro atoms. The van der Waals surface area contributed by atoms with Gasteiger partial charge in [-0.15, -0.1) is 0 Å². The van der Waals surface area contributed by atoms with Crippen molar-refractivity contribution in [2.45, 2.75) is 18.6 Å². The van der Waals surface area contributed by atoms with Crippen molar-refractivity contribution < 1.29 is 13.7 Å². The smallest absolute Gasteiger partial charge is 0.238 e. The molecule has 1 rings (SSSR count). The van der Waals surface area contributed by atoms with Gasteiger partial charge in [-0.1, -0.05) is 6.92 Å². The van der Waals surface area contributed by atoms with E-state index in [0.717, 1.165) is 17.9 Å². The Labute approximate surface area is 122 Å². The van der Waals surface area contributed by atoms with Gasteiger partial charge in [-0.25, -0.2) is 0 Å². The minimum atomic E-state index is -0.812. The van der Waals surface area contributed by atoms with E-state index in [1.807, 2.05) is 6.92 Å². The first-order valence-corrected chi connectivity index (χ1v) is 8.12. The van der Waals surface area contributed by atoms with Crippen molar-refractivity contribution in [1.29, 1.82) is 0 Å². The van der Waals surface area contributed by atoms with Crippen molar-refractivity contribution in [2.24, 2.45) is 0 Å². The Kier molecular flexibility index (Phi) is 7.25. The zero-order valence-electron chi connectivity index (χ0n) is 12.1. The van der Waals surface area contributed by atoms with E-state index in [1.54, 1.807) is 37.6 Å². The van der Waals surface area contributed by atoms with E-state index in [1.165, 1.54) is 0 Å². The first-order chi connectivity index (χ1) is 9.52. The second-order valence-electron chi connectivity index (χ2n) is 4.55. The minimum Gasteiger partial charge on any atom is -0.497 e. The molecule has 20 heavy (non-hydrogen) atoms. The molecule has 0 saturated carbocycles. The molecule has 1 aromatic rings. The molecule has 0 heterocycles. The Morgan fingerprint density at radius 3 is 2.55 bits per heavy atom. The molecule has 0 saturated heterocycles. The minimum absolute atomic E-state index is 0.0968. The third kappa shape index (κ3) is 6.16. The van der Waals surface area contributed by atoms with Crippen molar-refractivity contribution in [3.63, 3.8) is 0 Å². The number of carbonyl (C=O) groups excluding carboxylic acids is 1. The Morgan fingerprint density at radius 1 is 1.35 bits per heavy atom. The lowest BCUT2D eigenvalue weighted by Gasteiger charge is -2.10. The highest BCUT2D eigenvalue weighted by Gasteiger charge is 2.06. The van der Waals surface area contributed by atoms with E-state index in [4.69, 9.17) is 4.74 Å². The van der Waals surface area contributed by atoms with Gasteiger partial charge in [0.1, 0.15) is 5.75 Å². The molecular weight excluding hydrogens is 276 g/mol. The number of amides is 1. The molecule has 0 fully saturated rings. The zero-order valence-corrected chi connectivity index (χ0v) is 13.0. The van der Waals surface area contributed by atoms with Gasteiger partial charge in [0.15, 0.2) is 0 Å². The highest BCUT2D eigenvalue weighted by Crippen LogP contribution is 2.14. The summed E-state index contributed by atoms with van der Waals surface area (Å²) in [6.07, 6.45) is 2.49. The van der Waals surface area contributed by atoms with E-state index in [-0.39, 0.29) is 17.7 Å². The summed E-state index contributed by atoms with van der Waals surface area (Å²) >= 11 is 0. The standard InChI is InChI=1S/C14H22N2O3S/c1-11(20(3)18)8-9-15-10-14(17)16-12-4-6-13(19-2)7-5-12/h4-7,11,15H,8-10H2,1-3H3,(H,16,17). The first kappa shape index (κ1) is 16.7. The van der Waals surface area contributed by atoms with E-state index in [2.05, 4.69) is 10.6 Å². The number of methoxy groups -OCH3 is 1. The molecule has 2 N–H and O–H groups in total. The second-order valence-corrected chi connectivity index (χ2v) is 6.35. The molecule has 5 nitrogen and oxygen atoms in total. The maximum absolute atomic E-state index is 11.7. The van der Waals surface area contributed by atoms with E-state index in [9.17, 15) is 9.00 Å². The van der Waals surface area contributed by atoms with Crippen LogP contribution in [0.1, 0.15) is 13.3 Å². The summed E-state index contributed by atoms with van der Waals surface area (Å²) in [5.74, 6) is 0.656. The van der Waals surface area contributed by atoms with E-state index in [0.29, 0.717) is 6.54 Å². The van der Waals surface area contributed by atoms with Gasteiger partial charge in [0.05, 0.1) is 13.7 Å². The molecule has 0 aliphatic heterocycles. The Balaban J connectivity index is 2.24. The lowest BCUT2D eigenvalue weighted by Crippen LogP contribution is -2.30. The zero-order chi connectivity index (χ0) is 15.0. The summed E-state index contributed by atoms with van der Waals surface area (Å²) < 4.78 is 16.2. The van der Waals surface area contributed by atoms with Crippen LogP contribution in [-0.4, -0.2) is 41.8 Å². The van der Waals surface area contributed by atoms with Crippen LogP contribution >= 0.6 is 0 Å². The van der Waals surface area contributed by atoms with Crippen molar-refractivity contribution >= 4 is 22.4 Å². The quantitative estimate of drug-likeness (QED) is 0.712. The van der Waals surface area contributed by atoms with Gasteiger partial charge in [-0.05, 0) is 37.2 Å². The molecule has 112 valence electrons. The normalized spacial score (nSPS) is 13.6. The summed E-state index contributed by atoms with van der Waals surface area (Å²) in [4.78, 5) is 11.7. The molecular formula is C14H22N2O3S. The molecule has 1 aromatic carbocycles. The summed E-state index contributed by atoms with van der Waals surface area (Å²) in [7, 11) is 0.787. The average Bonchev–Trinajstić information content (AvgIpc) is 2.44. The number of ether oxygens (including phenoxy) is 1. The monoisotopic (exact) mass is 298 g/mol. The molecule has 1 amide bonds. The molecule has 0 aromatic heterocycles. The SMILES string of the molecule is COc1ccc(NC(=O)CNCCC(C)S(C)=O)cc1. The summed E-state index contributed by atoms with van der Waals surface area (Å²) in [6, 6.07) is 7.17. The summed E-state index contributed by atoms with van der Waals surface area (Å²) in [5.41, 5.74) is 0.737. The van der Waals surface area contributed by atoms with Crippen LogP contribution in [0.3, 0.4) is 0 Å². The highest BCUT2D eigenvalue weighted by molar-refractivity contribution is 7.84. The van der Waals surface area contributed by atoms with Crippen LogP contribution in [0, 0.1) is 0 Å². The van der Waals surface area contributed by atoms with Gasteiger partial charge < -0.3 is 15.4 Å². The number of hydrogen-bond donors (Lipinski definition) is 2. The van der Waals surface area contributed by atoms with Crippen molar-refractivity contribution in [3.8, 4) is 5.75 Å². The van der Waals surface area contributed by atoms with Gasteiger partial charge in [0.2, 0.25) is 5.91 Å². The van der Waals surface area contributed by atoms with Crippen LogP contribution in [0.4, 0.5) is 5.69 Å². The number of benzene rings is 1. The Bertz CT molecular complexity index is 448. The van der Waals surface area contributed by atoms with Crippen LogP contribution in [0.15, 0.2) is 24.3 Å². The summed E-state index contributed by atoms with van der Waals surface area (Å²) in [6.45, 7) is 2.86. The van der Waals surface area contributed by atoms with Crippen LogP contribution < -0.4 is 15.4 Å². The maximum Gasteiger partial charge on any atom is 0.238 e. The molecule has 0 bridgehead atoms. The molecule has 6 heteroatoms. The Morgan fingerprint density at radius 2 is 2.00 bits per heavy atom. The fraction of sp³-hybridized carbons (Fsp3) is 0.500. The van der Waals surface area contributed by atoms with Gasteiger partial charge in [-0.2, -0.15) is 0 Å². The van der Waals surface area contributed by atoms with Gasteiger partial charge >= 0.3 is 0 Å². The van der Waals surface area contributed by atoms with Crippen LogP contribution in [0.25, 0.3) is 0 Å². The van der Waals surface area contributed by atoms with Crippen molar-refractivity contribution in [2.75, 3.05) is 31.8 Å². The largest absolute Gasteiger partial charge is 0.497 e. The van der Waals surface area contributed by atoms with Crippen molar-refractivity contribution in [1.82, 2.24) is 5.32 Å². The molecule has 2 atom stereocenters. The predicted octanol–water partition coefficient (Wildman–Crippen LogP) is 1.38. The van der Waals surface area contributed by atoms with Crippen LogP contribution in [0.2, 0.25) is 0 Å². The second kappa shape index (κ2) is 8.71. The topological polar surface area (TPSA) is 67.4 Å². The maximum atomic E-state index is 11.7. The van der Waals surface area contributed by atoms with E-state index >= 15 is 0 Å². The molecule has 2 unspecified atom stereocenters. The number of carbonyl (C=O) groups is 1. The lowest BCUT2D eigenvalue weighted by atomic mass is 10.3. The predicted molar refractivity (Wildman–Crippen MR) is 82.6 cm³/mol. The molecule has 0 aliphatic rings. The van der Waals surface area contributed by atoms with Gasteiger partial charge in [-0.3, -0.25) is 9.00 Å².